The van der Waals surface area contributed by atoms with Gasteiger partial charge in [0.1, 0.15) is 6.61 Å². The Bertz CT molecular complexity index is 462. The first-order chi connectivity index (χ1) is 11.2. The van der Waals surface area contributed by atoms with Crippen LogP contribution in [0.1, 0.15) is 45.1 Å². The number of carbonyl (C=O) groups excluding carboxylic acids is 1. The van der Waals surface area contributed by atoms with Crippen LogP contribution in [0.2, 0.25) is 0 Å². The molecule has 3 nitrogen and oxygen atoms in total. The Morgan fingerprint density at radius 1 is 1.30 bits per heavy atom. The van der Waals surface area contributed by atoms with Gasteiger partial charge in [0.05, 0.1) is 0 Å². The minimum atomic E-state index is -0.247. The summed E-state index contributed by atoms with van der Waals surface area (Å²) in [5.41, 5.74) is 1.01. The van der Waals surface area contributed by atoms with Crippen LogP contribution < -0.4 is 5.32 Å². The first-order valence-electron chi connectivity index (χ1n) is 8.37. The maximum Gasteiger partial charge on any atom is 0.371 e. The molecule has 23 heavy (non-hydrogen) atoms. The second-order valence-electron chi connectivity index (χ2n) is 5.76. The highest BCUT2D eigenvalue weighted by Crippen LogP contribution is 2.18. The topological polar surface area (TPSA) is 38.3 Å². The number of allylic oxidation sites excluding steroid dienone is 1. The summed E-state index contributed by atoms with van der Waals surface area (Å²) >= 11 is 1.13. The number of hydrogen-bond acceptors (Lipinski definition) is 4. The molecule has 0 saturated heterocycles. The van der Waals surface area contributed by atoms with Gasteiger partial charge in [0.25, 0.3) is 0 Å². The summed E-state index contributed by atoms with van der Waals surface area (Å²) in [5.74, 6) is 0.536. The Morgan fingerprint density at radius 3 is 2.70 bits per heavy atom. The summed E-state index contributed by atoms with van der Waals surface area (Å²) < 4.78 is 5.24. The van der Waals surface area contributed by atoms with E-state index in [-0.39, 0.29) is 5.30 Å². The Balaban J connectivity index is 2.22. The van der Waals surface area contributed by atoms with E-state index in [9.17, 15) is 4.79 Å². The van der Waals surface area contributed by atoms with Gasteiger partial charge in [-0.3, -0.25) is 0 Å². The standard InChI is InChI=1S/C19H29NO2S/c1-4-17(12-8-9-16(2)20-3)13-14-23-19(21)22-15-18-10-6-5-7-11-18/h5-7,10-11,13-14,16-17,20H,4,8-9,12,15H2,1-3H3/b14-13-. The average Bonchev–Trinajstić information content (AvgIpc) is 2.59. The van der Waals surface area contributed by atoms with Crippen molar-refractivity contribution in [3.8, 4) is 0 Å². The van der Waals surface area contributed by atoms with Crippen LogP contribution in [0, 0.1) is 5.92 Å². The number of nitrogens with one attached hydrogen (secondary N) is 1. The molecule has 1 aromatic rings. The Morgan fingerprint density at radius 2 is 2.04 bits per heavy atom. The van der Waals surface area contributed by atoms with Gasteiger partial charge in [0.2, 0.25) is 0 Å². The lowest BCUT2D eigenvalue weighted by atomic mass is 9.98. The molecule has 0 amide bonds. The SMILES string of the molecule is CCC(/C=C\SC(=O)OCc1ccccc1)CCCC(C)NC. The summed E-state index contributed by atoms with van der Waals surface area (Å²) in [4.78, 5) is 11.7. The van der Waals surface area contributed by atoms with Gasteiger partial charge in [-0.15, -0.1) is 0 Å². The molecule has 0 radical (unpaired) electrons. The lowest BCUT2D eigenvalue weighted by Gasteiger charge is -2.13. The molecule has 0 aliphatic rings. The van der Waals surface area contributed by atoms with E-state index in [0.717, 1.165) is 23.7 Å². The van der Waals surface area contributed by atoms with E-state index >= 15 is 0 Å². The van der Waals surface area contributed by atoms with Gasteiger partial charge in [0.15, 0.2) is 0 Å². The predicted octanol–water partition coefficient (Wildman–Crippen LogP) is 5.37. The van der Waals surface area contributed by atoms with Crippen LogP contribution in [0.4, 0.5) is 4.79 Å². The van der Waals surface area contributed by atoms with Crippen LogP contribution in [-0.2, 0) is 11.3 Å². The highest BCUT2D eigenvalue weighted by Gasteiger charge is 2.06. The maximum atomic E-state index is 11.7. The third-order valence-corrected chi connectivity index (χ3v) is 4.55. The first-order valence-corrected chi connectivity index (χ1v) is 9.25. The Kier molecular flexibility index (Phi) is 10.5. The van der Waals surface area contributed by atoms with Crippen molar-refractivity contribution in [1.29, 1.82) is 0 Å². The molecule has 0 heterocycles. The van der Waals surface area contributed by atoms with Crippen LogP contribution in [0.5, 0.6) is 0 Å². The van der Waals surface area contributed by atoms with E-state index in [1.165, 1.54) is 19.3 Å². The van der Waals surface area contributed by atoms with Gasteiger partial charge in [-0.05, 0) is 61.9 Å². The summed E-state index contributed by atoms with van der Waals surface area (Å²) in [6, 6.07) is 10.3. The smallest absolute Gasteiger partial charge is 0.371 e. The van der Waals surface area contributed by atoms with Gasteiger partial charge in [-0.25, -0.2) is 4.79 Å². The largest absolute Gasteiger partial charge is 0.452 e. The lowest BCUT2D eigenvalue weighted by Crippen LogP contribution is -2.20. The molecular weight excluding hydrogens is 306 g/mol. The maximum absolute atomic E-state index is 11.7. The zero-order chi connectivity index (χ0) is 16.9. The van der Waals surface area contributed by atoms with Crippen molar-refractivity contribution in [2.45, 2.75) is 52.2 Å². The van der Waals surface area contributed by atoms with Gasteiger partial charge < -0.3 is 10.1 Å². The molecule has 0 saturated carbocycles. The third kappa shape index (κ3) is 9.47. The summed E-state index contributed by atoms with van der Waals surface area (Å²) in [5, 5.41) is 4.89. The van der Waals surface area contributed by atoms with E-state index in [1.807, 2.05) is 42.8 Å². The Labute approximate surface area is 144 Å². The summed E-state index contributed by atoms with van der Waals surface area (Å²) in [6.07, 6.45) is 6.79. The average molecular weight is 336 g/mol. The second kappa shape index (κ2) is 12.2. The predicted molar refractivity (Wildman–Crippen MR) is 99.5 cm³/mol. The molecule has 1 aromatic carbocycles. The van der Waals surface area contributed by atoms with Gasteiger partial charge in [0, 0.05) is 6.04 Å². The van der Waals surface area contributed by atoms with E-state index in [4.69, 9.17) is 4.74 Å². The van der Waals surface area contributed by atoms with Crippen LogP contribution in [0.15, 0.2) is 41.8 Å². The number of carbonyl (C=O) groups is 1. The molecule has 2 unspecified atom stereocenters. The molecule has 1 rings (SSSR count). The molecule has 0 aliphatic heterocycles. The van der Waals surface area contributed by atoms with Crippen molar-refractivity contribution < 1.29 is 9.53 Å². The number of ether oxygens (including phenoxy) is 1. The molecule has 2 atom stereocenters. The molecule has 0 spiro atoms. The Hall–Kier alpha value is -1.26. The van der Waals surface area contributed by atoms with E-state index in [1.54, 1.807) is 0 Å². The zero-order valence-corrected chi connectivity index (χ0v) is 15.3. The molecule has 0 aliphatic carbocycles. The quantitative estimate of drug-likeness (QED) is 0.583. The van der Waals surface area contributed by atoms with Crippen molar-refractivity contribution in [2.75, 3.05) is 7.05 Å². The number of rotatable bonds is 10. The summed E-state index contributed by atoms with van der Waals surface area (Å²) in [7, 11) is 2.00. The van der Waals surface area contributed by atoms with Gasteiger partial charge >= 0.3 is 5.30 Å². The van der Waals surface area contributed by atoms with Gasteiger partial charge in [-0.1, -0.05) is 49.8 Å². The van der Waals surface area contributed by atoms with Crippen LogP contribution >= 0.6 is 11.8 Å². The van der Waals surface area contributed by atoms with E-state index < -0.39 is 0 Å². The molecule has 4 heteroatoms. The van der Waals surface area contributed by atoms with Crippen molar-refractivity contribution in [3.63, 3.8) is 0 Å². The fourth-order valence-corrected chi connectivity index (χ4v) is 2.76. The van der Waals surface area contributed by atoms with Crippen molar-refractivity contribution in [1.82, 2.24) is 5.32 Å². The molecule has 0 bridgehead atoms. The second-order valence-corrected chi connectivity index (χ2v) is 6.60. The molecular formula is C19H29NO2S. The number of hydrogen-bond donors (Lipinski definition) is 1. The fraction of sp³-hybridized carbons (Fsp3) is 0.526. The van der Waals surface area contributed by atoms with Crippen LogP contribution in [0.25, 0.3) is 0 Å². The van der Waals surface area contributed by atoms with Crippen molar-refractivity contribution in [2.24, 2.45) is 5.92 Å². The number of thioether (sulfide) groups is 1. The van der Waals surface area contributed by atoms with E-state index in [2.05, 4.69) is 25.2 Å². The summed E-state index contributed by atoms with van der Waals surface area (Å²) in [6.45, 7) is 4.73. The van der Waals surface area contributed by atoms with Crippen molar-refractivity contribution in [3.05, 3.63) is 47.4 Å². The molecule has 0 fully saturated rings. The molecule has 1 N–H and O–H groups in total. The normalized spacial score (nSPS) is 13.9. The molecule has 0 aromatic heterocycles. The zero-order valence-electron chi connectivity index (χ0n) is 14.5. The lowest BCUT2D eigenvalue weighted by molar-refractivity contribution is 0.169. The molecule has 128 valence electrons. The van der Waals surface area contributed by atoms with Gasteiger partial charge in [-0.2, -0.15) is 0 Å². The monoisotopic (exact) mass is 335 g/mol. The first kappa shape index (κ1) is 19.8. The number of benzene rings is 1. The minimum absolute atomic E-state index is 0.247. The highest BCUT2D eigenvalue weighted by molar-refractivity contribution is 8.15. The van der Waals surface area contributed by atoms with Crippen LogP contribution in [-0.4, -0.2) is 18.4 Å². The highest BCUT2D eigenvalue weighted by atomic mass is 32.2. The van der Waals surface area contributed by atoms with E-state index in [0.29, 0.717) is 18.6 Å². The van der Waals surface area contributed by atoms with Crippen molar-refractivity contribution >= 4 is 17.1 Å². The third-order valence-electron chi connectivity index (χ3n) is 3.94. The minimum Gasteiger partial charge on any atom is -0.452 e. The van der Waals surface area contributed by atoms with Crippen LogP contribution in [0.3, 0.4) is 0 Å². The fourth-order valence-electron chi connectivity index (χ4n) is 2.22.